The lowest BCUT2D eigenvalue weighted by Gasteiger charge is -2.27. The standard InChI is InChI=1S/C18H23BrN2/c1-4-11-21-18(14(3)17-10-5-6-12-20-17)15-8-7-9-16(19)13(15)2/h5-10,12,14,18,21H,4,11H2,1-3H3. The van der Waals surface area contributed by atoms with E-state index in [1.807, 2.05) is 12.3 Å². The highest BCUT2D eigenvalue weighted by Crippen LogP contribution is 2.33. The fraction of sp³-hybridized carbons (Fsp3) is 0.389. The maximum atomic E-state index is 4.53. The van der Waals surface area contributed by atoms with Crippen LogP contribution in [-0.2, 0) is 0 Å². The minimum absolute atomic E-state index is 0.275. The monoisotopic (exact) mass is 346 g/mol. The van der Waals surface area contributed by atoms with E-state index in [9.17, 15) is 0 Å². The van der Waals surface area contributed by atoms with E-state index >= 15 is 0 Å². The number of hydrogen-bond acceptors (Lipinski definition) is 2. The Hall–Kier alpha value is -1.19. The summed E-state index contributed by atoms with van der Waals surface area (Å²) < 4.78 is 1.16. The normalized spacial score (nSPS) is 13.9. The molecule has 2 atom stereocenters. The summed E-state index contributed by atoms with van der Waals surface area (Å²) in [5, 5.41) is 3.69. The molecule has 0 aliphatic rings. The summed E-state index contributed by atoms with van der Waals surface area (Å²) in [6.45, 7) is 7.62. The molecule has 21 heavy (non-hydrogen) atoms. The van der Waals surface area contributed by atoms with Gasteiger partial charge in [-0.25, -0.2) is 0 Å². The van der Waals surface area contributed by atoms with Crippen LogP contribution in [0.4, 0.5) is 0 Å². The third-order valence-electron chi connectivity index (χ3n) is 3.91. The Kier molecular flexibility index (Phi) is 5.95. The van der Waals surface area contributed by atoms with Crippen molar-refractivity contribution in [2.24, 2.45) is 0 Å². The molecule has 2 aromatic rings. The number of rotatable bonds is 6. The predicted molar refractivity (Wildman–Crippen MR) is 92.6 cm³/mol. The topological polar surface area (TPSA) is 24.9 Å². The van der Waals surface area contributed by atoms with E-state index in [0.29, 0.717) is 5.92 Å². The van der Waals surface area contributed by atoms with Gasteiger partial charge in [0.25, 0.3) is 0 Å². The van der Waals surface area contributed by atoms with E-state index < -0.39 is 0 Å². The Bertz CT molecular complexity index is 569. The van der Waals surface area contributed by atoms with Gasteiger partial charge in [-0.1, -0.05) is 48.0 Å². The highest BCUT2D eigenvalue weighted by Gasteiger charge is 2.23. The van der Waals surface area contributed by atoms with Gasteiger partial charge >= 0.3 is 0 Å². The first-order valence-electron chi connectivity index (χ1n) is 7.54. The van der Waals surface area contributed by atoms with Crippen LogP contribution in [0.25, 0.3) is 0 Å². The zero-order chi connectivity index (χ0) is 15.2. The first kappa shape index (κ1) is 16.2. The number of halogens is 1. The molecular formula is C18H23BrN2. The van der Waals surface area contributed by atoms with Crippen molar-refractivity contribution >= 4 is 15.9 Å². The molecule has 1 heterocycles. The van der Waals surface area contributed by atoms with Crippen LogP contribution in [0.2, 0.25) is 0 Å². The molecule has 0 aliphatic heterocycles. The Morgan fingerprint density at radius 1 is 1.19 bits per heavy atom. The Morgan fingerprint density at radius 3 is 2.67 bits per heavy atom. The maximum Gasteiger partial charge on any atom is 0.0450 e. The van der Waals surface area contributed by atoms with Crippen LogP contribution in [0.15, 0.2) is 47.1 Å². The molecule has 0 bridgehead atoms. The van der Waals surface area contributed by atoms with Crippen LogP contribution in [0.5, 0.6) is 0 Å². The first-order valence-corrected chi connectivity index (χ1v) is 8.33. The molecule has 1 aromatic carbocycles. The third kappa shape index (κ3) is 3.92. The van der Waals surface area contributed by atoms with E-state index in [-0.39, 0.29) is 6.04 Å². The lowest BCUT2D eigenvalue weighted by Crippen LogP contribution is -2.27. The zero-order valence-corrected chi connectivity index (χ0v) is 14.5. The predicted octanol–water partition coefficient (Wildman–Crippen LogP) is 5.00. The molecular weight excluding hydrogens is 324 g/mol. The Balaban J connectivity index is 2.36. The lowest BCUT2D eigenvalue weighted by atomic mass is 9.89. The van der Waals surface area contributed by atoms with E-state index in [1.165, 1.54) is 11.1 Å². The van der Waals surface area contributed by atoms with Gasteiger partial charge in [0.15, 0.2) is 0 Å². The number of pyridine rings is 1. The van der Waals surface area contributed by atoms with E-state index in [4.69, 9.17) is 0 Å². The summed E-state index contributed by atoms with van der Waals surface area (Å²) in [5.41, 5.74) is 3.77. The number of nitrogens with one attached hydrogen (secondary N) is 1. The van der Waals surface area contributed by atoms with Crippen molar-refractivity contribution < 1.29 is 0 Å². The number of aromatic nitrogens is 1. The maximum absolute atomic E-state index is 4.53. The Labute approximate surface area is 136 Å². The first-order chi connectivity index (χ1) is 10.1. The molecule has 0 radical (unpaired) electrons. The van der Waals surface area contributed by atoms with Crippen molar-refractivity contribution in [3.8, 4) is 0 Å². The fourth-order valence-corrected chi connectivity index (χ4v) is 3.01. The molecule has 2 nitrogen and oxygen atoms in total. The van der Waals surface area contributed by atoms with Crippen molar-refractivity contribution in [1.82, 2.24) is 10.3 Å². The molecule has 1 aromatic heterocycles. The smallest absolute Gasteiger partial charge is 0.0450 e. The van der Waals surface area contributed by atoms with E-state index in [0.717, 1.165) is 23.1 Å². The molecule has 3 heteroatoms. The molecule has 0 amide bonds. The van der Waals surface area contributed by atoms with Gasteiger partial charge in [0, 0.05) is 28.3 Å². The summed E-state index contributed by atoms with van der Waals surface area (Å²) in [5.74, 6) is 0.325. The second kappa shape index (κ2) is 7.71. The quantitative estimate of drug-likeness (QED) is 0.796. The van der Waals surface area contributed by atoms with Crippen LogP contribution < -0.4 is 5.32 Å². The zero-order valence-electron chi connectivity index (χ0n) is 12.9. The molecule has 1 N–H and O–H groups in total. The third-order valence-corrected chi connectivity index (χ3v) is 4.77. The number of nitrogens with zero attached hydrogens (tertiary/aromatic N) is 1. The molecule has 0 aliphatic carbocycles. The summed E-state index contributed by atoms with van der Waals surface area (Å²) in [4.78, 5) is 4.53. The van der Waals surface area contributed by atoms with Gasteiger partial charge in [0.05, 0.1) is 0 Å². The Morgan fingerprint density at radius 2 is 2.00 bits per heavy atom. The van der Waals surface area contributed by atoms with Crippen molar-refractivity contribution in [3.05, 3.63) is 63.9 Å². The highest BCUT2D eigenvalue weighted by atomic mass is 79.9. The van der Waals surface area contributed by atoms with E-state index in [1.54, 1.807) is 0 Å². The summed E-state index contributed by atoms with van der Waals surface area (Å²) >= 11 is 3.64. The summed E-state index contributed by atoms with van der Waals surface area (Å²) in [7, 11) is 0. The van der Waals surface area contributed by atoms with Gasteiger partial charge in [-0.05, 0) is 49.2 Å². The average Bonchev–Trinajstić information content (AvgIpc) is 2.52. The lowest BCUT2D eigenvalue weighted by molar-refractivity contribution is 0.458. The van der Waals surface area contributed by atoms with Crippen LogP contribution in [0, 0.1) is 6.92 Å². The van der Waals surface area contributed by atoms with Crippen molar-refractivity contribution in [2.45, 2.75) is 39.2 Å². The highest BCUT2D eigenvalue weighted by molar-refractivity contribution is 9.10. The van der Waals surface area contributed by atoms with Gasteiger partial charge in [-0.15, -0.1) is 0 Å². The number of benzene rings is 1. The van der Waals surface area contributed by atoms with Crippen LogP contribution >= 0.6 is 15.9 Å². The minimum atomic E-state index is 0.275. The molecule has 2 rings (SSSR count). The summed E-state index contributed by atoms with van der Waals surface area (Å²) in [6, 6.07) is 12.8. The molecule has 0 saturated carbocycles. The molecule has 0 fully saturated rings. The second-order valence-electron chi connectivity index (χ2n) is 5.43. The van der Waals surface area contributed by atoms with Crippen molar-refractivity contribution in [2.75, 3.05) is 6.54 Å². The van der Waals surface area contributed by atoms with Gasteiger partial charge in [-0.3, -0.25) is 4.98 Å². The molecule has 0 spiro atoms. The number of hydrogen-bond donors (Lipinski definition) is 1. The van der Waals surface area contributed by atoms with Crippen molar-refractivity contribution in [1.29, 1.82) is 0 Å². The second-order valence-corrected chi connectivity index (χ2v) is 6.28. The van der Waals surface area contributed by atoms with Crippen LogP contribution in [0.3, 0.4) is 0 Å². The summed E-state index contributed by atoms with van der Waals surface area (Å²) in [6.07, 6.45) is 3.00. The van der Waals surface area contributed by atoms with Gasteiger partial charge < -0.3 is 5.32 Å². The van der Waals surface area contributed by atoms with Crippen molar-refractivity contribution in [3.63, 3.8) is 0 Å². The SMILES string of the molecule is CCCNC(c1cccc(Br)c1C)C(C)c1ccccn1. The van der Waals surface area contributed by atoms with Gasteiger partial charge in [0.1, 0.15) is 0 Å². The molecule has 112 valence electrons. The largest absolute Gasteiger partial charge is 0.309 e. The minimum Gasteiger partial charge on any atom is -0.309 e. The van der Waals surface area contributed by atoms with Gasteiger partial charge in [0.2, 0.25) is 0 Å². The fourth-order valence-electron chi connectivity index (χ4n) is 2.63. The van der Waals surface area contributed by atoms with Crippen LogP contribution in [0.1, 0.15) is 49.0 Å². The van der Waals surface area contributed by atoms with Crippen LogP contribution in [-0.4, -0.2) is 11.5 Å². The molecule has 2 unspecified atom stereocenters. The molecule has 0 saturated heterocycles. The van der Waals surface area contributed by atoms with Gasteiger partial charge in [-0.2, -0.15) is 0 Å². The average molecular weight is 347 g/mol. The van der Waals surface area contributed by atoms with E-state index in [2.05, 4.69) is 77.3 Å².